The van der Waals surface area contributed by atoms with Crippen molar-refractivity contribution in [2.24, 2.45) is 10.9 Å². The smallest absolute Gasteiger partial charge is 0.0720 e. The van der Waals surface area contributed by atoms with Crippen molar-refractivity contribution in [1.29, 1.82) is 0 Å². The fourth-order valence-electron chi connectivity index (χ4n) is 2.98. The standard InChI is InChI=1S/C15H20N2/c1-12(13-5-3-2-4-6-13)16-15-11-17-9-7-14(15)8-10-17/h2-6,12,14H,7-11H2,1H3/b16-15-/t12-/m1/s1. The van der Waals surface area contributed by atoms with Gasteiger partial charge in [-0.25, -0.2) is 0 Å². The average molecular weight is 228 g/mol. The Bertz CT molecular complexity index is 402. The minimum Gasteiger partial charge on any atom is -0.298 e. The highest BCUT2D eigenvalue weighted by Crippen LogP contribution is 2.27. The zero-order valence-electron chi connectivity index (χ0n) is 10.5. The summed E-state index contributed by atoms with van der Waals surface area (Å²) in [4.78, 5) is 7.50. The van der Waals surface area contributed by atoms with Gasteiger partial charge in [0.1, 0.15) is 0 Å². The molecule has 17 heavy (non-hydrogen) atoms. The van der Waals surface area contributed by atoms with Gasteiger partial charge in [0.2, 0.25) is 0 Å². The van der Waals surface area contributed by atoms with Crippen LogP contribution in [0.4, 0.5) is 0 Å². The van der Waals surface area contributed by atoms with Gasteiger partial charge in [-0.15, -0.1) is 0 Å². The van der Waals surface area contributed by atoms with Gasteiger partial charge in [-0.2, -0.15) is 0 Å². The SMILES string of the molecule is C[C@@H](/N=C1/CN2CCC1CC2)c1ccccc1. The molecule has 0 amide bonds. The molecule has 0 aliphatic carbocycles. The van der Waals surface area contributed by atoms with E-state index in [1.165, 1.54) is 37.2 Å². The molecule has 2 heteroatoms. The molecule has 1 aromatic rings. The van der Waals surface area contributed by atoms with Crippen LogP contribution in [0.2, 0.25) is 0 Å². The van der Waals surface area contributed by atoms with E-state index in [9.17, 15) is 0 Å². The summed E-state index contributed by atoms with van der Waals surface area (Å²) in [6, 6.07) is 10.9. The summed E-state index contributed by atoms with van der Waals surface area (Å²) in [7, 11) is 0. The molecule has 3 heterocycles. The summed E-state index contributed by atoms with van der Waals surface area (Å²) in [6.07, 6.45) is 2.64. The second kappa shape index (κ2) is 4.61. The van der Waals surface area contributed by atoms with E-state index >= 15 is 0 Å². The zero-order valence-corrected chi connectivity index (χ0v) is 10.5. The van der Waals surface area contributed by atoms with E-state index in [1.807, 2.05) is 0 Å². The molecule has 1 aromatic carbocycles. The molecule has 3 aliphatic rings. The zero-order chi connectivity index (χ0) is 11.7. The van der Waals surface area contributed by atoms with Gasteiger partial charge < -0.3 is 0 Å². The van der Waals surface area contributed by atoms with Gasteiger partial charge in [-0.3, -0.25) is 9.89 Å². The summed E-state index contributed by atoms with van der Waals surface area (Å²) in [5.41, 5.74) is 2.77. The first kappa shape index (κ1) is 11.0. The average Bonchev–Trinajstić information content (AvgIpc) is 2.41. The Balaban J connectivity index is 1.78. The van der Waals surface area contributed by atoms with Crippen LogP contribution in [0.1, 0.15) is 31.4 Å². The van der Waals surface area contributed by atoms with Crippen molar-refractivity contribution >= 4 is 5.71 Å². The summed E-state index contributed by atoms with van der Waals surface area (Å²) in [6.45, 7) is 5.88. The molecular formula is C15H20N2. The maximum atomic E-state index is 4.96. The van der Waals surface area contributed by atoms with Crippen LogP contribution in [-0.4, -0.2) is 30.2 Å². The third-order valence-corrected chi connectivity index (χ3v) is 4.09. The maximum absolute atomic E-state index is 4.96. The number of aliphatic imine (C=N–C) groups is 1. The fraction of sp³-hybridized carbons (Fsp3) is 0.533. The number of rotatable bonds is 2. The predicted molar refractivity (Wildman–Crippen MR) is 71.5 cm³/mol. The molecule has 2 bridgehead atoms. The normalized spacial score (nSPS) is 31.7. The lowest BCUT2D eigenvalue weighted by atomic mass is 9.86. The first-order valence-electron chi connectivity index (χ1n) is 6.67. The molecule has 0 aromatic heterocycles. The lowest BCUT2D eigenvalue weighted by molar-refractivity contribution is 0.199. The van der Waals surface area contributed by atoms with Gasteiger partial charge in [0, 0.05) is 18.2 Å². The van der Waals surface area contributed by atoms with Crippen LogP contribution in [0.25, 0.3) is 0 Å². The lowest BCUT2D eigenvalue weighted by Crippen LogP contribution is -2.48. The Morgan fingerprint density at radius 3 is 2.47 bits per heavy atom. The van der Waals surface area contributed by atoms with E-state index in [-0.39, 0.29) is 0 Å². The second-order valence-corrected chi connectivity index (χ2v) is 5.26. The van der Waals surface area contributed by atoms with Crippen LogP contribution in [0.5, 0.6) is 0 Å². The van der Waals surface area contributed by atoms with Crippen molar-refractivity contribution in [3.8, 4) is 0 Å². The number of hydrogen-bond acceptors (Lipinski definition) is 2. The molecule has 0 spiro atoms. The molecule has 0 radical (unpaired) electrons. The molecule has 90 valence electrons. The van der Waals surface area contributed by atoms with Crippen molar-refractivity contribution < 1.29 is 0 Å². The van der Waals surface area contributed by atoms with E-state index in [0.29, 0.717) is 6.04 Å². The van der Waals surface area contributed by atoms with Crippen molar-refractivity contribution in [2.45, 2.75) is 25.8 Å². The molecule has 3 fully saturated rings. The highest BCUT2D eigenvalue weighted by molar-refractivity contribution is 5.90. The van der Waals surface area contributed by atoms with Crippen molar-refractivity contribution in [3.63, 3.8) is 0 Å². The first-order chi connectivity index (χ1) is 8.33. The molecule has 1 atom stereocenters. The summed E-state index contributed by atoms with van der Waals surface area (Å²) in [5.74, 6) is 0.770. The molecule has 4 rings (SSSR count). The van der Waals surface area contributed by atoms with E-state index < -0.39 is 0 Å². The highest BCUT2D eigenvalue weighted by Gasteiger charge is 2.30. The van der Waals surface area contributed by atoms with Gasteiger partial charge >= 0.3 is 0 Å². The van der Waals surface area contributed by atoms with Crippen molar-refractivity contribution in [3.05, 3.63) is 35.9 Å². The molecule has 0 N–H and O–H groups in total. The van der Waals surface area contributed by atoms with Gasteiger partial charge in [0.05, 0.1) is 6.04 Å². The third-order valence-electron chi connectivity index (χ3n) is 4.09. The minimum atomic E-state index is 0.312. The Labute approximate surface area is 103 Å². The fourth-order valence-corrected chi connectivity index (χ4v) is 2.98. The number of fused-ring (bicyclic) bond motifs is 3. The van der Waals surface area contributed by atoms with Crippen LogP contribution >= 0.6 is 0 Å². The van der Waals surface area contributed by atoms with Crippen molar-refractivity contribution in [2.75, 3.05) is 19.6 Å². The predicted octanol–water partition coefficient (Wildman–Crippen LogP) is 2.91. The Morgan fingerprint density at radius 1 is 1.18 bits per heavy atom. The summed E-state index contributed by atoms with van der Waals surface area (Å²) in [5, 5.41) is 0. The molecule has 2 nitrogen and oxygen atoms in total. The van der Waals surface area contributed by atoms with E-state index in [2.05, 4.69) is 42.2 Å². The van der Waals surface area contributed by atoms with Crippen LogP contribution < -0.4 is 0 Å². The molecule has 0 unspecified atom stereocenters. The van der Waals surface area contributed by atoms with Crippen molar-refractivity contribution in [1.82, 2.24) is 4.90 Å². The van der Waals surface area contributed by atoms with Gasteiger partial charge in [0.25, 0.3) is 0 Å². The van der Waals surface area contributed by atoms with E-state index in [4.69, 9.17) is 4.99 Å². The number of benzene rings is 1. The van der Waals surface area contributed by atoms with Gasteiger partial charge in [0.15, 0.2) is 0 Å². The Morgan fingerprint density at radius 2 is 1.88 bits per heavy atom. The van der Waals surface area contributed by atoms with E-state index in [1.54, 1.807) is 0 Å². The van der Waals surface area contributed by atoms with Crippen LogP contribution in [-0.2, 0) is 0 Å². The van der Waals surface area contributed by atoms with Crippen LogP contribution in [0.3, 0.4) is 0 Å². The molecule has 3 saturated heterocycles. The summed E-state index contributed by atoms with van der Waals surface area (Å²) >= 11 is 0. The van der Waals surface area contributed by atoms with Gasteiger partial charge in [-0.05, 0) is 38.4 Å². The largest absolute Gasteiger partial charge is 0.298 e. The lowest BCUT2D eigenvalue weighted by Gasteiger charge is -2.40. The molecule has 3 aliphatic heterocycles. The molecular weight excluding hydrogens is 208 g/mol. The first-order valence-corrected chi connectivity index (χ1v) is 6.67. The highest BCUT2D eigenvalue weighted by atomic mass is 15.2. The Hall–Kier alpha value is -1.15. The maximum Gasteiger partial charge on any atom is 0.0720 e. The second-order valence-electron chi connectivity index (χ2n) is 5.26. The number of nitrogens with zero attached hydrogens (tertiary/aromatic N) is 2. The number of hydrogen-bond donors (Lipinski definition) is 0. The van der Waals surface area contributed by atoms with Gasteiger partial charge in [-0.1, -0.05) is 30.3 Å². The topological polar surface area (TPSA) is 15.6 Å². The van der Waals surface area contributed by atoms with Crippen LogP contribution in [0, 0.1) is 5.92 Å². The monoisotopic (exact) mass is 228 g/mol. The Kier molecular flexibility index (Phi) is 2.98. The molecule has 0 saturated carbocycles. The van der Waals surface area contributed by atoms with Crippen LogP contribution in [0.15, 0.2) is 35.3 Å². The summed E-state index contributed by atoms with van der Waals surface area (Å²) < 4.78 is 0. The number of piperidine rings is 3. The minimum absolute atomic E-state index is 0.312. The quantitative estimate of drug-likeness (QED) is 0.760. The van der Waals surface area contributed by atoms with E-state index in [0.717, 1.165) is 12.5 Å². The third kappa shape index (κ3) is 2.27.